The van der Waals surface area contributed by atoms with Crippen molar-refractivity contribution in [1.29, 1.82) is 0 Å². The minimum Gasteiger partial charge on any atom is -0.351 e. The first-order valence-corrected chi connectivity index (χ1v) is 18.0. The molecule has 2 heterocycles. The number of hydrogen-bond donors (Lipinski definition) is 2. The number of rotatable bonds is 10. The highest BCUT2D eigenvalue weighted by Gasteiger charge is 2.32. The topological polar surface area (TPSA) is 105 Å². The zero-order valence-electron chi connectivity index (χ0n) is 32.9. The molecule has 2 amide bonds. The van der Waals surface area contributed by atoms with Gasteiger partial charge < -0.3 is 15.5 Å². The number of amides is 2. The van der Waals surface area contributed by atoms with Gasteiger partial charge in [-0.25, -0.2) is 0 Å². The molecule has 0 aliphatic heterocycles. The first kappa shape index (κ1) is 47.8. The number of nitrogens with zero attached hydrogens (tertiary/aromatic N) is 3. The Balaban J connectivity index is 0.00000240. The van der Waals surface area contributed by atoms with Crippen LogP contribution in [0.4, 0.5) is 26.3 Å². The number of aryl methyl sites for hydroxylation is 2. The van der Waals surface area contributed by atoms with Gasteiger partial charge in [0.25, 0.3) is 22.9 Å². The lowest BCUT2D eigenvalue weighted by atomic mass is 10.1. The number of pyridine rings is 2. The summed E-state index contributed by atoms with van der Waals surface area (Å²) in [5.74, 6) is -1.44. The van der Waals surface area contributed by atoms with E-state index in [0.717, 1.165) is 33.4 Å². The maximum absolute atomic E-state index is 13.3. The van der Waals surface area contributed by atoms with Crippen molar-refractivity contribution in [1.82, 2.24) is 24.7 Å². The van der Waals surface area contributed by atoms with Crippen molar-refractivity contribution in [3.63, 3.8) is 0 Å². The second-order valence-electron chi connectivity index (χ2n) is 11.4. The summed E-state index contributed by atoms with van der Waals surface area (Å²) in [5, 5.41) is 5.24. The summed E-state index contributed by atoms with van der Waals surface area (Å²) in [5.41, 5.74) is -2.79. The smallest absolute Gasteiger partial charge is 0.351 e. The van der Waals surface area contributed by atoms with Gasteiger partial charge >= 0.3 is 12.4 Å². The second kappa shape index (κ2) is 21.6. The highest BCUT2D eigenvalue weighted by atomic mass is 19.4. The van der Waals surface area contributed by atoms with Gasteiger partial charge in [0.15, 0.2) is 0 Å². The quantitative estimate of drug-likeness (QED) is 0.158. The number of nitrogens with one attached hydrogen (secondary N) is 2. The lowest BCUT2D eigenvalue weighted by Gasteiger charge is -2.18. The van der Waals surface area contributed by atoms with Crippen LogP contribution in [0.15, 0.2) is 76.3 Å². The van der Waals surface area contributed by atoms with Gasteiger partial charge in [0.05, 0.1) is 11.1 Å². The van der Waals surface area contributed by atoms with Crippen LogP contribution in [0.1, 0.15) is 90.3 Å². The van der Waals surface area contributed by atoms with Crippen molar-refractivity contribution in [2.45, 2.75) is 74.7 Å². The summed E-state index contributed by atoms with van der Waals surface area (Å²) >= 11 is 0. The SMILES string of the molecule is CC.CC.CC.Cc1cc(C(=O)NCCN(C)CCNC(=O)c2ccc(C)n(-c3cccc(C(F)(F)F)c3)c2=O)c(=O)n(-c2cccc(C(F)(F)F)c2)c1C. The van der Waals surface area contributed by atoms with Gasteiger partial charge in [-0.1, -0.05) is 53.7 Å². The van der Waals surface area contributed by atoms with E-state index in [4.69, 9.17) is 0 Å². The molecule has 4 aromatic rings. The van der Waals surface area contributed by atoms with Gasteiger partial charge in [0.1, 0.15) is 11.1 Å². The number of carbonyl (C=O) groups is 2. The van der Waals surface area contributed by atoms with Crippen LogP contribution in [-0.2, 0) is 12.4 Å². The fourth-order valence-corrected chi connectivity index (χ4v) is 5.09. The van der Waals surface area contributed by atoms with E-state index in [1.165, 1.54) is 49.4 Å². The van der Waals surface area contributed by atoms with Crippen molar-refractivity contribution in [3.8, 4) is 11.4 Å². The molecule has 0 atom stereocenters. The summed E-state index contributed by atoms with van der Waals surface area (Å²) in [6.45, 7) is 17.5. The molecule has 15 heteroatoms. The molecule has 4 rings (SSSR count). The monoisotopic (exact) mass is 779 g/mol. The average Bonchev–Trinajstić information content (AvgIpc) is 3.15. The van der Waals surface area contributed by atoms with Crippen molar-refractivity contribution in [2.24, 2.45) is 0 Å². The molecule has 0 aliphatic rings. The zero-order chi connectivity index (χ0) is 42.3. The molecule has 0 fully saturated rings. The first-order chi connectivity index (χ1) is 25.9. The summed E-state index contributed by atoms with van der Waals surface area (Å²) in [6.07, 6.45) is -9.24. The highest BCUT2D eigenvalue weighted by Crippen LogP contribution is 2.31. The molecule has 0 saturated carbocycles. The largest absolute Gasteiger partial charge is 0.416 e. The molecule has 0 spiro atoms. The average molecular weight is 780 g/mol. The van der Waals surface area contributed by atoms with Crippen LogP contribution in [0, 0.1) is 20.8 Å². The minimum atomic E-state index is -4.62. The second-order valence-corrected chi connectivity index (χ2v) is 11.4. The van der Waals surface area contributed by atoms with Crippen molar-refractivity contribution in [3.05, 3.63) is 127 Å². The van der Waals surface area contributed by atoms with Crippen LogP contribution in [0.25, 0.3) is 11.4 Å². The number of alkyl halides is 6. The predicted octanol–water partition coefficient (Wildman–Crippen LogP) is 8.12. The third-order valence-corrected chi connectivity index (χ3v) is 7.89. The Bertz CT molecular complexity index is 2000. The third-order valence-electron chi connectivity index (χ3n) is 7.89. The van der Waals surface area contributed by atoms with Gasteiger partial charge in [-0.3, -0.25) is 28.3 Å². The van der Waals surface area contributed by atoms with Crippen LogP contribution >= 0.6 is 0 Å². The number of likely N-dealkylation sites (N-methyl/N-ethyl adjacent to an activating group) is 1. The fraction of sp³-hybridized carbons (Fsp3) is 0.400. The predicted molar refractivity (Wildman–Crippen MR) is 205 cm³/mol. The summed E-state index contributed by atoms with van der Waals surface area (Å²) < 4.78 is 81.7. The number of benzene rings is 2. The molecule has 2 N–H and O–H groups in total. The molecule has 55 heavy (non-hydrogen) atoms. The number of hydrogen-bond acceptors (Lipinski definition) is 5. The van der Waals surface area contributed by atoms with E-state index in [1.54, 1.807) is 25.8 Å². The molecule has 302 valence electrons. The summed E-state index contributed by atoms with van der Waals surface area (Å²) in [6, 6.07) is 12.6. The van der Waals surface area contributed by atoms with E-state index < -0.39 is 46.4 Å². The van der Waals surface area contributed by atoms with E-state index in [2.05, 4.69) is 10.6 Å². The van der Waals surface area contributed by atoms with Crippen LogP contribution in [0.3, 0.4) is 0 Å². The molecule has 0 aliphatic carbocycles. The van der Waals surface area contributed by atoms with Crippen LogP contribution in [-0.4, -0.2) is 59.1 Å². The van der Waals surface area contributed by atoms with Crippen molar-refractivity contribution in [2.75, 3.05) is 33.2 Å². The summed E-state index contributed by atoms with van der Waals surface area (Å²) in [7, 11) is 1.70. The van der Waals surface area contributed by atoms with Gasteiger partial charge in [-0.05, 0) is 88.0 Å². The van der Waals surface area contributed by atoms with Crippen molar-refractivity contribution >= 4 is 11.8 Å². The lowest BCUT2D eigenvalue weighted by Crippen LogP contribution is -2.40. The molecule has 2 aromatic carbocycles. The molecule has 0 radical (unpaired) electrons. The molecule has 0 unspecified atom stereocenters. The van der Waals surface area contributed by atoms with E-state index in [-0.39, 0.29) is 48.7 Å². The lowest BCUT2D eigenvalue weighted by molar-refractivity contribution is -0.138. The number of carbonyl (C=O) groups excluding carboxylic acids is 2. The van der Waals surface area contributed by atoms with E-state index >= 15 is 0 Å². The van der Waals surface area contributed by atoms with E-state index in [1.807, 2.05) is 41.5 Å². The fourth-order valence-electron chi connectivity index (χ4n) is 5.09. The van der Waals surface area contributed by atoms with Crippen LogP contribution in [0.5, 0.6) is 0 Å². The van der Waals surface area contributed by atoms with Gasteiger partial charge in [-0.2, -0.15) is 26.3 Å². The Hall–Kier alpha value is -5.18. The Morgan fingerprint density at radius 2 is 1.04 bits per heavy atom. The molecule has 9 nitrogen and oxygen atoms in total. The Labute approximate surface area is 318 Å². The zero-order valence-corrected chi connectivity index (χ0v) is 32.9. The first-order valence-electron chi connectivity index (χ1n) is 18.0. The standard InChI is InChI=1S/C34H33F6N5O4.3C2H6/c1-20-17-28(32(49)45(22(20)3)26-10-6-8-24(19-26)34(38,39)40)30(47)42-14-16-43(4)15-13-41-29(46)27-12-11-21(2)44(31(27)48)25-9-5-7-23(18-25)33(35,36)37;3*1-2/h5-12,17-19H,13-16H2,1-4H3,(H,41,46)(H,42,47);3*1-2H3. The number of aromatic nitrogens is 2. The van der Waals surface area contributed by atoms with Crippen LogP contribution < -0.4 is 21.8 Å². The minimum absolute atomic E-state index is 0.0305. The number of halogens is 6. The maximum atomic E-state index is 13.3. The summed E-state index contributed by atoms with van der Waals surface area (Å²) in [4.78, 5) is 54.0. The van der Waals surface area contributed by atoms with Crippen LogP contribution in [0.2, 0.25) is 0 Å². The molecule has 2 aromatic heterocycles. The van der Waals surface area contributed by atoms with Gasteiger partial charge in [0.2, 0.25) is 0 Å². The van der Waals surface area contributed by atoms with Crippen molar-refractivity contribution < 1.29 is 35.9 Å². The van der Waals surface area contributed by atoms with Gasteiger partial charge in [-0.15, -0.1) is 0 Å². The maximum Gasteiger partial charge on any atom is 0.416 e. The molecule has 0 saturated heterocycles. The third kappa shape index (κ3) is 12.7. The molecular formula is C40H51F6N5O4. The van der Waals surface area contributed by atoms with E-state index in [9.17, 15) is 45.5 Å². The Morgan fingerprint density at radius 3 is 1.49 bits per heavy atom. The Morgan fingerprint density at radius 1 is 0.618 bits per heavy atom. The Kier molecular flexibility index (Phi) is 18.8. The normalized spacial score (nSPS) is 10.9. The molecular weight excluding hydrogens is 728 g/mol. The van der Waals surface area contributed by atoms with Gasteiger partial charge in [0, 0.05) is 48.9 Å². The molecule has 0 bridgehead atoms. The highest BCUT2D eigenvalue weighted by molar-refractivity contribution is 5.94. The van der Waals surface area contributed by atoms with E-state index in [0.29, 0.717) is 17.0 Å².